The van der Waals surface area contributed by atoms with Crippen LogP contribution in [0.25, 0.3) is 17.2 Å². The number of benzene rings is 4. The molecule has 6 rings (SSSR count). The van der Waals surface area contributed by atoms with E-state index in [4.69, 9.17) is 20.9 Å². The number of nitrogens with one attached hydrogen (secondary N) is 5. The minimum Gasteiger partial charge on any atom is -0.445 e. The Hall–Kier alpha value is -8.43. The van der Waals surface area contributed by atoms with Gasteiger partial charge in [0, 0.05) is 81.1 Å². The fraction of sp³-hybridized carbons (Fsp3) is 0.433. The lowest BCUT2D eigenvalue weighted by atomic mass is 9.90. The van der Waals surface area contributed by atoms with Gasteiger partial charge in [-0.05, 0) is 113 Å². The van der Waals surface area contributed by atoms with Gasteiger partial charge in [-0.25, -0.2) is 31.8 Å². The molecule has 0 aromatic heterocycles. The van der Waals surface area contributed by atoms with Crippen molar-refractivity contribution in [1.29, 1.82) is 0 Å². The van der Waals surface area contributed by atoms with Gasteiger partial charge in [-0.1, -0.05) is 50.2 Å². The first-order valence-electron chi connectivity index (χ1n) is 28.3. The predicted molar refractivity (Wildman–Crippen MR) is 315 cm³/mol. The summed E-state index contributed by atoms with van der Waals surface area (Å²) in [4.78, 5) is 96.1. The number of anilines is 1. The Balaban J connectivity index is 0.924. The van der Waals surface area contributed by atoms with Crippen molar-refractivity contribution in [2.24, 2.45) is 27.8 Å². The van der Waals surface area contributed by atoms with Gasteiger partial charge in [-0.15, -0.1) is 0 Å². The van der Waals surface area contributed by atoms with Gasteiger partial charge < -0.3 is 57.2 Å². The molecule has 0 unspecified atom stereocenters. The first-order chi connectivity index (χ1) is 41.1. The number of sulfonamides is 1. The summed E-state index contributed by atoms with van der Waals surface area (Å²) < 4.78 is 100. The summed E-state index contributed by atoms with van der Waals surface area (Å²) in [5.74, 6) is -12.0. The topological polar surface area (TPSA) is 312 Å². The Morgan fingerprint density at radius 3 is 2.16 bits per heavy atom. The van der Waals surface area contributed by atoms with Crippen molar-refractivity contribution in [3.05, 3.63) is 113 Å². The second kappa shape index (κ2) is 30.3. The average Bonchev–Trinajstić information content (AvgIpc) is 1.88. The first kappa shape index (κ1) is 67.7. The zero-order valence-electron chi connectivity index (χ0n) is 49.3. The zero-order chi connectivity index (χ0) is 63.8. The van der Waals surface area contributed by atoms with E-state index in [0.717, 1.165) is 18.4 Å². The normalized spacial score (nSPS) is 14.0. The van der Waals surface area contributed by atoms with Crippen LogP contribution in [0.2, 0.25) is 0 Å². The molecule has 0 spiro atoms. The lowest BCUT2D eigenvalue weighted by Gasteiger charge is -2.38. The van der Waals surface area contributed by atoms with E-state index in [1.807, 2.05) is 43.0 Å². The Morgan fingerprint density at radius 2 is 1.51 bits per heavy atom. The lowest BCUT2D eigenvalue weighted by molar-refractivity contribution is -0.147. The third kappa shape index (κ3) is 19.3. The van der Waals surface area contributed by atoms with Crippen LogP contribution in [0.1, 0.15) is 97.6 Å². The van der Waals surface area contributed by atoms with E-state index in [9.17, 15) is 59.5 Å². The highest BCUT2D eigenvalue weighted by Gasteiger charge is 2.38. The fourth-order valence-corrected chi connectivity index (χ4v) is 10.8. The molecular formula is C60H74F4N10O12S. The molecule has 27 heteroatoms. The number of aliphatic imine (C=N–C) groups is 1. The number of carbonyl (C=O) groups is 7. The van der Waals surface area contributed by atoms with Gasteiger partial charge in [0.2, 0.25) is 51.0 Å². The summed E-state index contributed by atoms with van der Waals surface area (Å²) in [5.41, 5.74) is 12.9. The standard InChI is InChI=1S/C60H74F4N10O12S/c1-7-22-73(23-8-2)55(78)41-25-40-17-16-39(27-47(40)71-48(65)28-41)38-11-9-12-43(26-38)87(82,83)74-33-37(34-74)31-69-58(81)84-35-36-14-18-42(19-15-36)70-54(77)46(13-10-21-67-57(66)80)72-50(76)32-68-49(75)30-60(5,6)85-24-20-59(3,4)56(79)86-53-51(63)44(61)29-45(62)52(53)64/h9,11-12,14-19,25-27,29,37,46H,7-8,10,13,20-24,28,30-35H2,1-6H3,(H2,65,71)(H,68,75)(H,69,81)(H,70,77)(H,72,76)(H3,66,67,80)/t46-/m0/s1. The summed E-state index contributed by atoms with van der Waals surface area (Å²) in [6.45, 7) is 10.8. The third-order valence-electron chi connectivity index (χ3n) is 14.1. The van der Waals surface area contributed by atoms with Crippen molar-refractivity contribution in [2.45, 2.75) is 110 Å². The molecule has 0 aliphatic carbocycles. The first-order valence-corrected chi connectivity index (χ1v) is 29.7. The summed E-state index contributed by atoms with van der Waals surface area (Å²) >= 11 is 0. The predicted octanol–water partition coefficient (Wildman–Crippen LogP) is 7.08. The number of amidine groups is 1. The number of nitrogens with zero attached hydrogens (tertiary/aromatic N) is 3. The molecule has 0 bridgehead atoms. The summed E-state index contributed by atoms with van der Waals surface area (Å²) in [6, 6.07) is 16.4. The second-order valence-corrected chi connectivity index (χ2v) is 24.2. The zero-order valence-corrected chi connectivity index (χ0v) is 50.1. The third-order valence-corrected chi connectivity index (χ3v) is 15.9. The van der Waals surface area contributed by atoms with Gasteiger partial charge in [0.1, 0.15) is 18.5 Å². The van der Waals surface area contributed by atoms with Gasteiger partial charge in [0.15, 0.2) is 11.6 Å². The minimum atomic E-state index is -3.89. The summed E-state index contributed by atoms with van der Waals surface area (Å²) in [5, 5.41) is 12.8. The molecule has 7 amide bonds. The minimum absolute atomic E-state index is 0.0250. The smallest absolute Gasteiger partial charge is 0.407 e. The van der Waals surface area contributed by atoms with Crippen molar-refractivity contribution >= 4 is 75.0 Å². The number of urea groups is 1. The summed E-state index contributed by atoms with van der Waals surface area (Å²) in [7, 11) is -3.89. The molecule has 2 aliphatic heterocycles. The number of rotatable bonds is 29. The largest absolute Gasteiger partial charge is 0.445 e. The number of fused-ring (bicyclic) bond motifs is 1. The maximum absolute atomic E-state index is 14.1. The van der Waals surface area contributed by atoms with E-state index in [-0.39, 0.29) is 94.3 Å². The van der Waals surface area contributed by atoms with E-state index in [2.05, 4.69) is 36.3 Å². The molecule has 4 aromatic rings. The van der Waals surface area contributed by atoms with E-state index in [0.29, 0.717) is 52.6 Å². The van der Waals surface area contributed by atoms with Crippen LogP contribution in [0.5, 0.6) is 5.75 Å². The number of ether oxygens (including phenoxy) is 3. The highest BCUT2D eigenvalue weighted by molar-refractivity contribution is 7.89. The van der Waals surface area contributed by atoms with Crippen LogP contribution >= 0.6 is 0 Å². The Bertz CT molecular complexity index is 3340. The maximum Gasteiger partial charge on any atom is 0.407 e. The molecule has 0 saturated carbocycles. The van der Waals surface area contributed by atoms with Crippen molar-refractivity contribution in [1.82, 2.24) is 30.5 Å². The molecule has 87 heavy (non-hydrogen) atoms. The Morgan fingerprint density at radius 1 is 0.839 bits per heavy atom. The van der Waals surface area contributed by atoms with E-state index >= 15 is 0 Å². The molecule has 22 nitrogen and oxygen atoms in total. The van der Waals surface area contributed by atoms with Gasteiger partial charge in [0.05, 0.1) is 34.6 Å². The monoisotopic (exact) mass is 1230 g/mol. The molecule has 2 aliphatic rings. The molecule has 2 heterocycles. The number of carbonyl (C=O) groups excluding carboxylic acids is 7. The van der Waals surface area contributed by atoms with Gasteiger partial charge in [0.25, 0.3) is 0 Å². The van der Waals surface area contributed by atoms with Gasteiger partial charge >= 0.3 is 18.1 Å². The molecule has 4 aromatic carbocycles. The molecule has 9 N–H and O–H groups in total. The fourth-order valence-electron chi connectivity index (χ4n) is 9.21. The number of esters is 1. The van der Waals surface area contributed by atoms with Crippen LogP contribution in [-0.2, 0) is 50.1 Å². The van der Waals surface area contributed by atoms with Crippen molar-refractivity contribution in [2.75, 3.05) is 57.7 Å². The summed E-state index contributed by atoms with van der Waals surface area (Å²) in [6.07, 6.45) is 2.79. The van der Waals surface area contributed by atoms with Crippen LogP contribution in [0.4, 0.5) is 38.5 Å². The molecule has 0 radical (unpaired) electrons. The van der Waals surface area contributed by atoms with E-state index in [1.165, 1.54) is 24.2 Å². The van der Waals surface area contributed by atoms with Gasteiger partial charge in [-0.3, -0.25) is 24.0 Å². The number of amides is 7. The molecule has 470 valence electrons. The molecular weight excluding hydrogens is 1160 g/mol. The van der Waals surface area contributed by atoms with Crippen LogP contribution in [-0.4, -0.2) is 129 Å². The van der Waals surface area contributed by atoms with Crippen LogP contribution in [0.15, 0.2) is 88.3 Å². The SMILES string of the molecule is CCCN(CCC)C(=O)C1=Cc2ccc(-c3cccc(S(=O)(=O)N4CC(CNC(=O)OCc5ccc(NC(=O)[C@H](CCCNC(N)=O)NC(=O)CNC(=O)CC(C)(C)OCCC(C)(C)C(=O)Oc6c(F)c(F)cc(F)c6F)cc5)C4)c3)cc2N=C(N)C1. The number of alkyl carbamates (subject to hydrolysis) is 1. The Labute approximate surface area is 502 Å². The number of primary amides is 1. The molecule has 1 atom stereocenters. The highest BCUT2D eigenvalue weighted by atomic mass is 32.2. The average molecular weight is 1240 g/mol. The van der Waals surface area contributed by atoms with Crippen LogP contribution in [0.3, 0.4) is 0 Å². The van der Waals surface area contributed by atoms with E-state index < -0.39 is 98.5 Å². The Kier molecular flexibility index (Phi) is 23.6. The van der Waals surface area contributed by atoms with Crippen LogP contribution < -0.4 is 42.8 Å². The second-order valence-electron chi connectivity index (χ2n) is 22.3. The molecule has 1 saturated heterocycles. The highest BCUT2D eigenvalue weighted by Crippen LogP contribution is 2.35. The molecule has 1 fully saturated rings. The van der Waals surface area contributed by atoms with Crippen molar-refractivity contribution in [3.63, 3.8) is 0 Å². The van der Waals surface area contributed by atoms with E-state index in [1.54, 1.807) is 56.3 Å². The number of hydrogen-bond donors (Lipinski definition) is 7. The number of nitrogens with two attached hydrogens (primary N) is 2. The lowest BCUT2D eigenvalue weighted by Crippen LogP contribution is -2.53. The van der Waals surface area contributed by atoms with Crippen LogP contribution in [0, 0.1) is 34.6 Å². The quantitative estimate of drug-likeness (QED) is 0.00941. The van der Waals surface area contributed by atoms with Crippen molar-refractivity contribution < 1.29 is 73.8 Å². The number of halogens is 4. The van der Waals surface area contributed by atoms with Crippen molar-refractivity contribution in [3.8, 4) is 16.9 Å². The maximum atomic E-state index is 14.1. The van der Waals surface area contributed by atoms with Gasteiger partial charge in [-0.2, -0.15) is 13.1 Å². The number of hydrogen-bond acceptors (Lipinski definition) is 14.